The molecule has 0 spiro atoms. The minimum absolute atomic E-state index is 0.469. The Morgan fingerprint density at radius 2 is 1.86 bits per heavy atom. The van der Waals surface area contributed by atoms with Crippen molar-refractivity contribution in [1.29, 1.82) is 0 Å². The van der Waals surface area contributed by atoms with Gasteiger partial charge < -0.3 is 10.1 Å². The van der Waals surface area contributed by atoms with E-state index in [1.165, 1.54) is 6.92 Å². The number of urea groups is 1. The number of rotatable bonds is 3. The number of para-hydroxylation sites is 1. The standard InChI is InChI=1S/C21H25N3O4/c1-12(18(25)23-20(27)24-21(2,3)4)28-19(26)17-13-8-5-6-10-15(13)22-16-11-7-9-14(16)17/h5-6,8,10,12H,7,9,11H2,1-4H3,(H2,23,24,25,27)/t12-/m0/s1. The molecule has 0 saturated heterocycles. The monoisotopic (exact) mass is 383 g/mol. The third-order valence-electron chi connectivity index (χ3n) is 4.50. The number of ether oxygens (including phenoxy) is 1. The number of benzene rings is 1. The molecule has 2 aromatic rings. The summed E-state index contributed by atoms with van der Waals surface area (Å²) in [6.45, 7) is 6.85. The first-order chi connectivity index (χ1) is 13.2. The molecule has 1 aliphatic carbocycles. The maximum Gasteiger partial charge on any atom is 0.339 e. The fraction of sp³-hybridized carbons (Fsp3) is 0.429. The Labute approximate surface area is 163 Å². The van der Waals surface area contributed by atoms with Gasteiger partial charge in [0, 0.05) is 16.6 Å². The van der Waals surface area contributed by atoms with E-state index in [1.54, 1.807) is 20.8 Å². The van der Waals surface area contributed by atoms with Crippen molar-refractivity contribution in [3.05, 3.63) is 41.1 Å². The van der Waals surface area contributed by atoms with Gasteiger partial charge in [-0.05, 0) is 58.6 Å². The molecular weight excluding hydrogens is 358 g/mol. The number of aromatic nitrogens is 1. The van der Waals surface area contributed by atoms with Crippen LogP contribution in [-0.2, 0) is 22.4 Å². The number of fused-ring (bicyclic) bond motifs is 2. The van der Waals surface area contributed by atoms with Crippen LogP contribution in [0.1, 0.15) is 55.7 Å². The number of nitrogens with one attached hydrogen (secondary N) is 2. The minimum Gasteiger partial charge on any atom is -0.449 e. The summed E-state index contributed by atoms with van der Waals surface area (Å²) in [5, 5.41) is 5.55. The number of imide groups is 1. The Morgan fingerprint density at radius 3 is 2.57 bits per heavy atom. The molecule has 148 valence electrons. The van der Waals surface area contributed by atoms with E-state index in [2.05, 4.69) is 15.6 Å². The Bertz CT molecular complexity index is 947. The van der Waals surface area contributed by atoms with Crippen molar-refractivity contribution in [1.82, 2.24) is 15.6 Å². The number of carbonyl (C=O) groups is 3. The molecule has 2 N–H and O–H groups in total. The second-order valence-electron chi connectivity index (χ2n) is 8.02. The average molecular weight is 383 g/mol. The third-order valence-corrected chi connectivity index (χ3v) is 4.50. The maximum absolute atomic E-state index is 12.9. The zero-order valence-corrected chi connectivity index (χ0v) is 16.6. The van der Waals surface area contributed by atoms with E-state index >= 15 is 0 Å². The lowest BCUT2D eigenvalue weighted by Gasteiger charge is -2.21. The van der Waals surface area contributed by atoms with Crippen LogP contribution in [-0.4, -0.2) is 34.5 Å². The zero-order valence-electron chi connectivity index (χ0n) is 16.6. The molecule has 0 unspecified atom stereocenters. The van der Waals surface area contributed by atoms with E-state index in [0.29, 0.717) is 10.9 Å². The van der Waals surface area contributed by atoms with Gasteiger partial charge in [0.1, 0.15) is 0 Å². The summed E-state index contributed by atoms with van der Waals surface area (Å²) in [5.74, 6) is -1.25. The molecule has 28 heavy (non-hydrogen) atoms. The van der Waals surface area contributed by atoms with Crippen molar-refractivity contribution < 1.29 is 19.1 Å². The molecule has 7 heteroatoms. The first-order valence-electron chi connectivity index (χ1n) is 9.40. The average Bonchev–Trinajstić information content (AvgIpc) is 3.05. The van der Waals surface area contributed by atoms with Crippen molar-refractivity contribution in [3.8, 4) is 0 Å². The first-order valence-corrected chi connectivity index (χ1v) is 9.40. The fourth-order valence-electron chi connectivity index (χ4n) is 3.30. The van der Waals surface area contributed by atoms with Gasteiger partial charge in [0.05, 0.1) is 11.1 Å². The van der Waals surface area contributed by atoms with E-state index in [0.717, 1.165) is 36.0 Å². The predicted octanol–water partition coefficient (Wildman–Crippen LogP) is 2.89. The molecule has 0 saturated carbocycles. The number of hydrogen-bond acceptors (Lipinski definition) is 5. The summed E-state index contributed by atoms with van der Waals surface area (Å²) in [6, 6.07) is 6.78. The number of pyridine rings is 1. The van der Waals surface area contributed by atoms with Gasteiger partial charge >= 0.3 is 12.0 Å². The van der Waals surface area contributed by atoms with E-state index in [-0.39, 0.29) is 0 Å². The van der Waals surface area contributed by atoms with Crippen LogP contribution >= 0.6 is 0 Å². The third kappa shape index (κ3) is 4.30. The molecule has 1 aromatic heterocycles. The Morgan fingerprint density at radius 1 is 1.14 bits per heavy atom. The molecule has 0 fully saturated rings. The number of aryl methyl sites for hydroxylation is 1. The summed E-state index contributed by atoms with van der Waals surface area (Å²) in [6.07, 6.45) is 1.40. The van der Waals surface area contributed by atoms with Gasteiger partial charge in [-0.2, -0.15) is 0 Å². The topological polar surface area (TPSA) is 97.4 Å². The molecule has 3 amide bonds. The van der Waals surface area contributed by atoms with Crippen LogP contribution in [0.2, 0.25) is 0 Å². The van der Waals surface area contributed by atoms with Crippen molar-refractivity contribution in [2.45, 2.75) is 58.6 Å². The summed E-state index contributed by atoms with van der Waals surface area (Å²) >= 11 is 0. The highest BCUT2D eigenvalue weighted by molar-refractivity contribution is 6.06. The highest BCUT2D eigenvalue weighted by Crippen LogP contribution is 2.30. The molecule has 0 bridgehead atoms. The van der Waals surface area contributed by atoms with Crippen molar-refractivity contribution in [2.24, 2.45) is 0 Å². The zero-order chi connectivity index (χ0) is 20.5. The van der Waals surface area contributed by atoms with E-state index < -0.39 is 29.6 Å². The molecule has 7 nitrogen and oxygen atoms in total. The van der Waals surface area contributed by atoms with Gasteiger partial charge in [-0.25, -0.2) is 9.59 Å². The van der Waals surface area contributed by atoms with Crippen LogP contribution < -0.4 is 10.6 Å². The molecule has 0 radical (unpaired) electrons. The SMILES string of the molecule is C[C@H](OC(=O)c1c2c(nc3ccccc13)CCC2)C(=O)NC(=O)NC(C)(C)C. The van der Waals surface area contributed by atoms with Crippen LogP contribution in [0, 0.1) is 0 Å². The number of amides is 3. The van der Waals surface area contributed by atoms with Crippen LogP contribution in [0.15, 0.2) is 24.3 Å². The fourth-order valence-corrected chi connectivity index (χ4v) is 3.30. The van der Waals surface area contributed by atoms with Gasteiger partial charge in [0.2, 0.25) is 0 Å². The van der Waals surface area contributed by atoms with E-state index in [4.69, 9.17) is 4.74 Å². The molecular formula is C21H25N3O4. The Balaban J connectivity index is 1.78. The van der Waals surface area contributed by atoms with Gasteiger partial charge in [-0.15, -0.1) is 0 Å². The van der Waals surface area contributed by atoms with Crippen molar-refractivity contribution in [2.75, 3.05) is 0 Å². The second kappa shape index (κ2) is 7.58. The number of hydrogen-bond donors (Lipinski definition) is 2. The number of esters is 1. The van der Waals surface area contributed by atoms with E-state index in [9.17, 15) is 14.4 Å². The van der Waals surface area contributed by atoms with Gasteiger partial charge in [0.25, 0.3) is 5.91 Å². The van der Waals surface area contributed by atoms with Crippen LogP contribution in [0.25, 0.3) is 10.9 Å². The largest absolute Gasteiger partial charge is 0.449 e. The lowest BCUT2D eigenvalue weighted by Crippen LogP contribution is -2.50. The lowest BCUT2D eigenvalue weighted by atomic mass is 10.0. The highest BCUT2D eigenvalue weighted by atomic mass is 16.5. The Kier molecular flexibility index (Phi) is 5.36. The smallest absolute Gasteiger partial charge is 0.339 e. The molecule has 1 atom stereocenters. The second-order valence-corrected chi connectivity index (χ2v) is 8.02. The summed E-state index contributed by atoms with van der Waals surface area (Å²) < 4.78 is 5.40. The summed E-state index contributed by atoms with van der Waals surface area (Å²) in [4.78, 5) is 41.7. The molecule has 1 heterocycles. The van der Waals surface area contributed by atoms with Gasteiger partial charge in [-0.1, -0.05) is 18.2 Å². The number of carbonyl (C=O) groups excluding carboxylic acids is 3. The normalized spacial score (nSPS) is 14.3. The minimum atomic E-state index is -1.11. The van der Waals surface area contributed by atoms with Crippen LogP contribution in [0.5, 0.6) is 0 Å². The first kappa shape index (κ1) is 19.8. The van der Waals surface area contributed by atoms with Crippen molar-refractivity contribution >= 4 is 28.8 Å². The quantitative estimate of drug-likeness (QED) is 0.795. The summed E-state index contributed by atoms with van der Waals surface area (Å²) in [7, 11) is 0. The summed E-state index contributed by atoms with van der Waals surface area (Å²) in [5.41, 5.74) is 2.52. The molecule has 0 aliphatic heterocycles. The van der Waals surface area contributed by atoms with Crippen LogP contribution in [0.3, 0.4) is 0 Å². The molecule has 1 aliphatic rings. The van der Waals surface area contributed by atoms with Crippen molar-refractivity contribution in [3.63, 3.8) is 0 Å². The Hall–Kier alpha value is -2.96. The number of nitrogens with zero attached hydrogens (tertiary/aromatic N) is 1. The van der Waals surface area contributed by atoms with E-state index in [1.807, 2.05) is 24.3 Å². The predicted molar refractivity (Wildman–Crippen MR) is 105 cm³/mol. The molecule has 3 rings (SSSR count). The maximum atomic E-state index is 12.9. The van der Waals surface area contributed by atoms with Crippen LogP contribution in [0.4, 0.5) is 4.79 Å². The molecule has 1 aromatic carbocycles. The highest BCUT2D eigenvalue weighted by Gasteiger charge is 2.28. The van der Waals surface area contributed by atoms with Gasteiger partial charge in [-0.3, -0.25) is 15.1 Å². The lowest BCUT2D eigenvalue weighted by molar-refractivity contribution is -0.127. The van der Waals surface area contributed by atoms with Gasteiger partial charge in [0.15, 0.2) is 6.10 Å².